The molecule has 30 heavy (non-hydrogen) atoms. The summed E-state index contributed by atoms with van der Waals surface area (Å²) in [5.74, 6) is 0.775. The van der Waals surface area contributed by atoms with Gasteiger partial charge in [-0.3, -0.25) is 14.6 Å². The minimum absolute atomic E-state index is 0.0169. The molecule has 1 heterocycles. The molecule has 0 saturated carbocycles. The maximum atomic E-state index is 13.3. The maximum absolute atomic E-state index is 13.3. The van der Waals surface area contributed by atoms with Gasteiger partial charge in [-0.2, -0.15) is 0 Å². The molecule has 0 radical (unpaired) electrons. The third kappa shape index (κ3) is 5.32. The molecular formula is C24H29N3O2S. The molecule has 0 unspecified atom stereocenters. The van der Waals surface area contributed by atoms with Gasteiger partial charge in [0.05, 0.1) is 24.4 Å². The van der Waals surface area contributed by atoms with Crippen molar-refractivity contribution in [3.8, 4) is 5.75 Å². The Morgan fingerprint density at radius 1 is 1.03 bits per heavy atom. The summed E-state index contributed by atoms with van der Waals surface area (Å²) >= 11 is 1.42. The van der Waals surface area contributed by atoms with E-state index in [4.69, 9.17) is 9.73 Å². The number of nitrogens with zero attached hydrogens (tertiary/aromatic N) is 3. The normalized spacial score (nSPS) is 17.2. The van der Waals surface area contributed by atoms with Crippen LogP contribution in [0.5, 0.6) is 5.75 Å². The second-order valence-corrected chi connectivity index (χ2v) is 8.70. The molecule has 158 valence electrons. The number of para-hydroxylation sites is 1. The van der Waals surface area contributed by atoms with Crippen molar-refractivity contribution >= 4 is 34.6 Å². The summed E-state index contributed by atoms with van der Waals surface area (Å²) in [6, 6.07) is 18.1. The van der Waals surface area contributed by atoms with Gasteiger partial charge in [0.2, 0.25) is 0 Å². The summed E-state index contributed by atoms with van der Waals surface area (Å²) in [5.41, 5.74) is 1.79. The predicted octanol–water partition coefficient (Wildman–Crippen LogP) is 5.38. The van der Waals surface area contributed by atoms with Crippen molar-refractivity contribution < 1.29 is 9.53 Å². The van der Waals surface area contributed by atoms with Crippen molar-refractivity contribution in [3.05, 3.63) is 65.1 Å². The number of aliphatic imine (C=N–C) groups is 1. The summed E-state index contributed by atoms with van der Waals surface area (Å²) in [6.45, 7) is 9.10. The lowest BCUT2D eigenvalue weighted by Gasteiger charge is -2.33. The summed E-state index contributed by atoms with van der Waals surface area (Å²) in [4.78, 5) is 22.8. The molecule has 0 aliphatic carbocycles. The minimum atomic E-state index is -0.0169. The Morgan fingerprint density at radius 2 is 1.67 bits per heavy atom. The topological polar surface area (TPSA) is 45.1 Å². The van der Waals surface area contributed by atoms with Gasteiger partial charge in [-0.15, -0.1) is 0 Å². The van der Waals surface area contributed by atoms with E-state index >= 15 is 0 Å². The summed E-state index contributed by atoms with van der Waals surface area (Å²) in [5, 5.41) is 0.706. The van der Waals surface area contributed by atoms with E-state index in [1.54, 1.807) is 12.0 Å². The highest BCUT2D eigenvalue weighted by Gasteiger charge is 2.35. The first-order valence-corrected chi connectivity index (χ1v) is 11.0. The SMILES string of the molecule is COc1ccc(/C=C2\SC(=Nc3ccccc3)N(CN(C(C)C)C(C)C)C2=O)cc1. The zero-order chi connectivity index (χ0) is 21.7. The van der Waals surface area contributed by atoms with E-state index in [9.17, 15) is 4.79 Å². The molecule has 2 aromatic carbocycles. The van der Waals surface area contributed by atoms with Crippen LogP contribution < -0.4 is 4.74 Å². The Bertz CT molecular complexity index is 913. The van der Waals surface area contributed by atoms with Crippen LogP contribution in [0.3, 0.4) is 0 Å². The molecule has 0 atom stereocenters. The molecule has 1 aliphatic heterocycles. The van der Waals surface area contributed by atoms with Crippen LogP contribution in [0, 0.1) is 0 Å². The Labute approximate surface area is 183 Å². The highest BCUT2D eigenvalue weighted by atomic mass is 32.2. The number of amides is 1. The Hall–Kier alpha value is -2.57. The van der Waals surface area contributed by atoms with Crippen molar-refractivity contribution in [3.63, 3.8) is 0 Å². The fourth-order valence-electron chi connectivity index (χ4n) is 3.27. The van der Waals surface area contributed by atoms with Crippen molar-refractivity contribution in [2.45, 2.75) is 39.8 Å². The van der Waals surface area contributed by atoms with E-state index in [1.165, 1.54) is 11.8 Å². The van der Waals surface area contributed by atoms with Gasteiger partial charge in [0.15, 0.2) is 5.17 Å². The van der Waals surface area contributed by atoms with E-state index in [-0.39, 0.29) is 5.91 Å². The van der Waals surface area contributed by atoms with E-state index in [1.807, 2.05) is 60.7 Å². The number of hydrogen-bond donors (Lipinski definition) is 0. The van der Waals surface area contributed by atoms with Crippen molar-refractivity contribution in [1.29, 1.82) is 0 Å². The molecule has 1 aliphatic rings. The average molecular weight is 424 g/mol. The lowest BCUT2D eigenvalue weighted by molar-refractivity contribution is -0.124. The monoisotopic (exact) mass is 423 g/mol. The van der Waals surface area contributed by atoms with Crippen LogP contribution in [0.4, 0.5) is 5.69 Å². The smallest absolute Gasteiger partial charge is 0.267 e. The lowest BCUT2D eigenvalue weighted by atomic mass is 10.2. The van der Waals surface area contributed by atoms with Gasteiger partial charge in [0.25, 0.3) is 5.91 Å². The first kappa shape index (κ1) is 22.1. The lowest BCUT2D eigenvalue weighted by Crippen LogP contribution is -2.47. The molecule has 5 nitrogen and oxygen atoms in total. The fraction of sp³-hybridized carbons (Fsp3) is 0.333. The summed E-state index contributed by atoms with van der Waals surface area (Å²) < 4.78 is 5.22. The summed E-state index contributed by atoms with van der Waals surface area (Å²) in [7, 11) is 1.64. The third-order valence-electron chi connectivity index (χ3n) is 4.91. The highest BCUT2D eigenvalue weighted by Crippen LogP contribution is 2.34. The molecule has 0 spiro atoms. The second-order valence-electron chi connectivity index (χ2n) is 7.69. The Balaban J connectivity index is 1.95. The molecule has 1 amide bonds. The molecule has 3 rings (SSSR count). The maximum Gasteiger partial charge on any atom is 0.267 e. The van der Waals surface area contributed by atoms with Crippen LogP contribution in [0.1, 0.15) is 33.3 Å². The zero-order valence-electron chi connectivity index (χ0n) is 18.2. The largest absolute Gasteiger partial charge is 0.497 e. The molecule has 0 aromatic heterocycles. The van der Waals surface area contributed by atoms with Gasteiger partial charge in [-0.05, 0) is 75.4 Å². The number of carbonyl (C=O) groups excluding carboxylic acids is 1. The van der Waals surface area contributed by atoms with Crippen molar-refractivity contribution in [2.75, 3.05) is 13.8 Å². The van der Waals surface area contributed by atoms with Crippen LogP contribution in [-0.4, -0.2) is 46.7 Å². The van der Waals surface area contributed by atoms with E-state index in [2.05, 4.69) is 32.6 Å². The van der Waals surface area contributed by atoms with Gasteiger partial charge < -0.3 is 4.74 Å². The van der Waals surface area contributed by atoms with E-state index < -0.39 is 0 Å². The van der Waals surface area contributed by atoms with Crippen LogP contribution in [0.25, 0.3) is 6.08 Å². The molecule has 1 saturated heterocycles. The molecular weight excluding hydrogens is 394 g/mol. The number of benzene rings is 2. The van der Waals surface area contributed by atoms with E-state index in [0.717, 1.165) is 17.0 Å². The first-order chi connectivity index (χ1) is 14.4. The van der Waals surface area contributed by atoms with Crippen LogP contribution in [0.2, 0.25) is 0 Å². The number of ether oxygens (including phenoxy) is 1. The zero-order valence-corrected chi connectivity index (χ0v) is 19.0. The van der Waals surface area contributed by atoms with Crippen LogP contribution in [0.15, 0.2) is 64.5 Å². The molecule has 0 N–H and O–H groups in total. The number of hydrogen-bond acceptors (Lipinski definition) is 5. The molecule has 0 bridgehead atoms. The van der Waals surface area contributed by atoms with Crippen LogP contribution >= 0.6 is 11.8 Å². The third-order valence-corrected chi connectivity index (χ3v) is 5.92. The second kappa shape index (κ2) is 9.96. The number of rotatable bonds is 7. The predicted molar refractivity (Wildman–Crippen MR) is 126 cm³/mol. The van der Waals surface area contributed by atoms with E-state index in [0.29, 0.717) is 28.8 Å². The van der Waals surface area contributed by atoms with Gasteiger partial charge in [-0.25, -0.2) is 4.99 Å². The Kier molecular flexibility index (Phi) is 7.34. The quantitative estimate of drug-likeness (QED) is 0.561. The Morgan fingerprint density at radius 3 is 2.23 bits per heavy atom. The van der Waals surface area contributed by atoms with Crippen molar-refractivity contribution in [2.24, 2.45) is 4.99 Å². The number of methoxy groups -OCH3 is 1. The summed E-state index contributed by atoms with van der Waals surface area (Å²) in [6.07, 6.45) is 1.92. The molecule has 1 fully saturated rings. The number of amidine groups is 1. The number of carbonyl (C=O) groups is 1. The van der Waals surface area contributed by atoms with Gasteiger partial charge in [0, 0.05) is 12.1 Å². The molecule has 2 aromatic rings. The molecule has 6 heteroatoms. The first-order valence-electron chi connectivity index (χ1n) is 10.1. The number of thioether (sulfide) groups is 1. The fourth-order valence-corrected chi connectivity index (χ4v) is 4.26. The average Bonchev–Trinajstić information content (AvgIpc) is 3.01. The highest BCUT2D eigenvalue weighted by molar-refractivity contribution is 8.18. The van der Waals surface area contributed by atoms with Gasteiger partial charge in [0.1, 0.15) is 5.75 Å². The van der Waals surface area contributed by atoms with Gasteiger partial charge in [-0.1, -0.05) is 30.3 Å². The minimum Gasteiger partial charge on any atom is -0.497 e. The van der Waals surface area contributed by atoms with Crippen molar-refractivity contribution in [1.82, 2.24) is 9.80 Å². The van der Waals surface area contributed by atoms with Gasteiger partial charge >= 0.3 is 0 Å². The standard InChI is InChI=1S/C24H29N3O2S/c1-17(2)26(18(3)4)16-27-23(28)22(15-19-11-13-21(29-5)14-12-19)30-24(27)25-20-9-7-6-8-10-20/h6-15,17-18H,16H2,1-5H3/b22-15-,25-24?. The van der Waals surface area contributed by atoms with Crippen LogP contribution in [-0.2, 0) is 4.79 Å².